The summed E-state index contributed by atoms with van der Waals surface area (Å²) >= 11 is 3.42. The predicted molar refractivity (Wildman–Crippen MR) is 134 cm³/mol. The molecule has 1 fully saturated rings. The van der Waals surface area contributed by atoms with Gasteiger partial charge in [0.25, 0.3) is 0 Å². The highest BCUT2D eigenvalue weighted by molar-refractivity contribution is 8.01. The molecule has 1 aliphatic heterocycles. The third kappa shape index (κ3) is 5.86. The lowest BCUT2D eigenvalue weighted by molar-refractivity contribution is -0.150. The number of piperidine rings is 1. The first-order valence-electron chi connectivity index (χ1n) is 11.4. The molecule has 176 valence electrons. The molecule has 1 aliphatic rings. The summed E-state index contributed by atoms with van der Waals surface area (Å²) in [4.78, 5) is 23.9. The van der Waals surface area contributed by atoms with E-state index in [9.17, 15) is 4.79 Å². The number of carbonyl (C=O) groups is 1. The fourth-order valence-electron chi connectivity index (χ4n) is 4.69. The minimum atomic E-state index is -0.0877. The lowest BCUT2D eigenvalue weighted by atomic mass is 9.81. The SMILES string of the molecule is COC(=O)[C@H]1CN([C@@H](C)Sc2nccs2)CC[C@H]1CCCc1ccnc2ccc(OC)cc12. The van der Waals surface area contributed by atoms with Crippen molar-refractivity contribution in [3.05, 3.63) is 47.6 Å². The molecule has 8 heteroatoms. The summed E-state index contributed by atoms with van der Waals surface area (Å²) in [6, 6.07) is 8.11. The van der Waals surface area contributed by atoms with Crippen LogP contribution in [0.4, 0.5) is 0 Å². The van der Waals surface area contributed by atoms with E-state index in [1.54, 1.807) is 30.2 Å². The van der Waals surface area contributed by atoms with Gasteiger partial charge in [-0.3, -0.25) is 14.7 Å². The Hall–Kier alpha value is -2.16. The highest BCUT2D eigenvalue weighted by atomic mass is 32.2. The molecule has 0 bridgehead atoms. The van der Waals surface area contributed by atoms with E-state index in [0.717, 1.165) is 59.8 Å². The molecule has 0 amide bonds. The Kier molecular flexibility index (Phi) is 8.22. The minimum absolute atomic E-state index is 0.0858. The minimum Gasteiger partial charge on any atom is -0.497 e. The Balaban J connectivity index is 1.38. The van der Waals surface area contributed by atoms with Gasteiger partial charge in [-0.15, -0.1) is 11.3 Å². The molecule has 0 N–H and O–H groups in total. The first-order valence-corrected chi connectivity index (χ1v) is 13.1. The number of pyridine rings is 1. The van der Waals surface area contributed by atoms with Crippen LogP contribution in [-0.4, -0.2) is 53.5 Å². The highest BCUT2D eigenvalue weighted by Crippen LogP contribution is 2.35. The van der Waals surface area contributed by atoms with Gasteiger partial charge in [-0.2, -0.15) is 0 Å². The summed E-state index contributed by atoms with van der Waals surface area (Å²) in [6.45, 7) is 3.93. The topological polar surface area (TPSA) is 64.5 Å². The number of thiazole rings is 1. The second-order valence-corrected chi connectivity index (χ2v) is 10.9. The maximum Gasteiger partial charge on any atom is 0.310 e. The van der Waals surface area contributed by atoms with Gasteiger partial charge in [-0.25, -0.2) is 4.98 Å². The number of esters is 1. The number of hydrogen-bond donors (Lipinski definition) is 0. The Bertz CT molecular complexity index is 1060. The number of ether oxygens (including phenoxy) is 2. The van der Waals surface area contributed by atoms with Crippen LogP contribution in [0, 0.1) is 11.8 Å². The fourth-order valence-corrected chi connectivity index (χ4v) is 6.61. The van der Waals surface area contributed by atoms with Crippen LogP contribution >= 0.6 is 23.1 Å². The maximum absolute atomic E-state index is 12.7. The van der Waals surface area contributed by atoms with Gasteiger partial charge in [0.05, 0.1) is 31.0 Å². The standard InChI is InChI=1S/C25H31N3O3S2/c1-17(33-25-27-12-14-32-25)28-13-10-19(22(16-28)24(29)31-3)6-4-5-18-9-11-26-23-8-7-20(30-2)15-21(18)23/h7-9,11-12,14-15,17,19,22H,4-6,10,13,16H2,1-3H3/t17-,19-,22+/m1/s1. The van der Waals surface area contributed by atoms with Gasteiger partial charge in [0.15, 0.2) is 4.34 Å². The zero-order valence-corrected chi connectivity index (χ0v) is 21.0. The lowest BCUT2D eigenvalue weighted by Gasteiger charge is -2.39. The number of aromatic nitrogens is 2. The smallest absolute Gasteiger partial charge is 0.310 e. The molecule has 0 saturated carbocycles. The van der Waals surface area contributed by atoms with Crippen molar-refractivity contribution in [3.8, 4) is 5.75 Å². The molecule has 2 aromatic heterocycles. The van der Waals surface area contributed by atoms with E-state index in [-0.39, 0.29) is 17.3 Å². The molecular weight excluding hydrogens is 454 g/mol. The molecule has 1 aromatic carbocycles. The van der Waals surface area contributed by atoms with Crippen LogP contribution in [0.1, 0.15) is 31.7 Å². The molecule has 1 saturated heterocycles. The largest absolute Gasteiger partial charge is 0.497 e. The van der Waals surface area contributed by atoms with Gasteiger partial charge in [-0.05, 0) is 74.9 Å². The molecule has 0 radical (unpaired) electrons. The molecule has 33 heavy (non-hydrogen) atoms. The first-order chi connectivity index (χ1) is 16.1. The van der Waals surface area contributed by atoms with E-state index in [2.05, 4.69) is 33.9 Å². The average Bonchev–Trinajstić information content (AvgIpc) is 3.36. The van der Waals surface area contributed by atoms with E-state index in [1.165, 1.54) is 12.7 Å². The number of carbonyl (C=O) groups excluding carboxylic acids is 1. The van der Waals surface area contributed by atoms with Crippen molar-refractivity contribution < 1.29 is 14.3 Å². The van der Waals surface area contributed by atoms with Crippen LogP contribution in [-0.2, 0) is 16.0 Å². The Labute approximate surface area is 203 Å². The second-order valence-electron chi connectivity index (χ2n) is 8.43. The Morgan fingerprint density at radius 1 is 1.27 bits per heavy atom. The van der Waals surface area contributed by atoms with Crippen LogP contribution in [0.25, 0.3) is 10.9 Å². The number of benzene rings is 1. The summed E-state index contributed by atoms with van der Waals surface area (Å²) < 4.78 is 11.7. The molecule has 3 aromatic rings. The number of likely N-dealkylation sites (tertiary alicyclic amines) is 1. The molecule has 6 nitrogen and oxygen atoms in total. The molecule has 0 unspecified atom stereocenters. The van der Waals surface area contributed by atoms with Crippen molar-refractivity contribution in [1.29, 1.82) is 0 Å². The Morgan fingerprint density at radius 3 is 2.91 bits per heavy atom. The highest BCUT2D eigenvalue weighted by Gasteiger charge is 2.36. The van der Waals surface area contributed by atoms with Crippen molar-refractivity contribution in [1.82, 2.24) is 14.9 Å². The quantitative estimate of drug-likeness (QED) is 0.302. The lowest BCUT2D eigenvalue weighted by Crippen LogP contribution is -2.46. The van der Waals surface area contributed by atoms with Crippen LogP contribution in [0.5, 0.6) is 5.75 Å². The van der Waals surface area contributed by atoms with Gasteiger partial charge in [0.2, 0.25) is 0 Å². The van der Waals surface area contributed by atoms with E-state index >= 15 is 0 Å². The molecular formula is C25H31N3O3S2. The monoisotopic (exact) mass is 485 g/mol. The third-order valence-corrected chi connectivity index (χ3v) is 8.64. The zero-order valence-electron chi connectivity index (χ0n) is 19.4. The molecule has 0 aliphatic carbocycles. The van der Waals surface area contributed by atoms with Crippen molar-refractivity contribution in [2.45, 2.75) is 42.3 Å². The van der Waals surface area contributed by atoms with Gasteiger partial charge >= 0.3 is 5.97 Å². The van der Waals surface area contributed by atoms with Crippen molar-refractivity contribution in [2.24, 2.45) is 11.8 Å². The fraction of sp³-hybridized carbons (Fsp3) is 0.480. The van der Waals surface area contributed by atoms with Gasteiger partial charge in [-0.1, -0.05) is 11.8 Å². The summed E-state index contributed by atoms with van der Waals surface area (Å²) in [7, 11) is 3.19. The van der Waals surface area contributed by atoms with Gasteiger partial charge in [0.1, 0.15) is 5.75 Å². The van der Waals surface area contributed by atoms with Gasteiger partial charge in [0, 0.05) is 29.7 Å². The second kappa shape index (κ2) is 11.3. The molecule has 3 heterocycles. The van der Waals surface area contributed by atoms with E-state index in [1.807, 2.05) is 29.9 Å². The number of methoxy groups -OCH3 is 2. The number of thioether (sulfide) groups is 1. The van der Waals surface area contributed by atoms with Crippen LogP contribution in [0.15, 0.2) is 46.4 Å². The van der Waals surface area contributed by atoms with Crippen LogP contribution in [0.3, 0.4) is 0 Å². The maximum atomic E-state index is 12.7. The van der Waals surface area contributed by atoms with Gasteiger partial charge < -0.3 is 9.47 Å². The Morgan fingerprint density at radius 2 is 2.15 bits per heavy atom. The van der Waals surface area contributed by atoms with Crippen LogP contribution < -0.4 is 4.74 Å². The van der Waals surface area contributed by atoms with E-state index in [4.69, 9.17) is 9.47 Å². The summed E-state index contributed by atoms with van der Waals surface area (Å²) in [6.07, 6.45) is 7.71. The molecule has 0 spiro atoms. The first kappa shape index (κ1) is 24.0. The van der Waals surface area contributed by atoms with Crippen molar-refractivity contribution in [2.75, 3.05) is 27.3 Å². The van der Waals surface area contributed by atoms with Crippen LogP contribution in [0.2, 0.25) is 0 Å². The summed E-state index contributed by atoms with van der Waals surface area (Å²) in [5, 5.41) is 3.42. The van der Waals surface area contributed by atoms with E-state index < -0.39 is 0 Å². The number of rotatable bonds is 9. The number of aryl methyl sites for hydroxylation is 1. The zero-order chi connectivity index (χ0) is 23.2. The number of fused-ring (bicyclic) bond motifs is 1. The van der Waals surface area contributed by atoms with Crippen molar-refractivity contribution in [3.63, 3.8) is 0 Å². The molecule has 4 rings (SSSR count). The normalized spacial score (nSPS) is 20.0. The van der Waals surface area contributed by atoms with Crippen molar-refractivity contribution >= 4 is 40.0 Å². The summed E-state index contributed by atoms with van der Waals surface area (Å²) in [5.74, 6) is 1.01. The number of nitrogens with zero attached hydrogens (tertiary/aromatic N) is 3. The number of hydrogen-bond acceptors (Lipinski definition) is 8. The third-order valence-electron chi connectivity index (χ3n) is 6.55. The summed E-state index contributed by atoms with van der Waals surface area (Å²) in [5.41, 5.74) is 2.26. The van der Waals surface area contributed by atoms with E-state index in [0.29, 0.717) is 5.92 Å². The average molecular weight is 486 g/mol. The molecule has 3 atom stereocenters. The predicted octanol–water partition coefficient (Wildman–Crippen LogP) is 5.27.